The van der Waals surface area contributed by atoms with Crippen molar-refractivity contribution in [2.24, 2.45) is 5.92 Å². The highest BCUT2D eigenvalue weighted by Gasteiger charge is 2.18. The lowest BCUT2D eigenvalue weighted by Gasteiger charge is -2.13. The highest BCUT2D eigenvalue weighted by Crippen LogP contribution is 2.17. The van der Waals surface area contributed by atoms with Gasteiger partial charge in [0.2, 0.25) is 10.0 Å². The third kappa shape index (κ3) is 4.80. The number of aryl methyl sites for hydroxylation is 1. The lowest BCUT2D eigenvalue weighted by atomic mass is 10.1. The number of rotatable bonds is 8. The summed E-state index contributed by atoms with van der Waals surface area (Å²) in [5.41, 5.74) is 0.596. The summed E-state index contributed by atoms with van der Waals surface area (Å²) in [7, 11) is -3.75. The van der Waals surface area contributed by atoms with Gasteiger partial charge in [-0.15, -0.1) is 0 Å². The van der Waals surface area contributed by atoms with E-state index in [9.17, 15) is 13.2 Å². The van der Waals surface area contributed by atoms with E-state index in [1.165, 1.54) is 18.2 Å². The fourth-order valence-corrected chi connectivity index (χ4v) is 3.08. The molecule has 0 saturated heterocycles. The number of aliphatic hydroxyl groups excluding tert-OH is 1. The zero-order chi connectivity index (χ0) is 16.0. The van der Waals surface area contributed by atoms with Gasteiger partial charge in [-0.05, 0) is 36.5 Å². The van der Waals surface area contributed by atoms with Gasteiger partial charge in [0.15, 0.2) is 0 Å². The van der Waals surface area contributed by atoms with Crippen LogP contribution in [-0.4, -0.2) is 37.8 Å². The van der Waals surface area contributed by atoms with Gasteiger partial charge < -0.3 is 10.2 Å². The minimum Gasteiger partial charge on any atom is -0.478 e. The van der Waals surface area contributed by atoms with E-state index in [1.807, 2.05) is 13.8 Å². The van der Waals surface area contributed by atoms with E-state index in [2.05, 4.69) is 4.72 Å². The van der Waals surface area contributed by atoms with Crippen LogP contribution in [0.5, 0.6) is 0 Å². The van der Waals surface area contributed by atoms with Gasteiger partial charge in [-0.25, -0.2) is 17.9 Å². The molecule has 0 bridgehead atoms. The van der Waals surface area contributed by atoms with E-state index in [0.29, 0.717) is 18.4 Å². The van der Waals surface area contributed by atoms with E-state index in [0.717, 1.165) is 0 Å². The number of nitrogens with one attached hydrogen (secondary N) is 1. The minimum absolute atomic E-state index is 0.00126. The van der Waals surface area contributed by atoms with E-state index in [1.54, 1.807) is 0 Å². The molecular formula is C14H21NO5S. The van der Waals surface area contributed by atoms with E-state index >= 15 is 0 Å². The van der Waals surface area contributed by atoms with Crippen molar-refractivity contribution < 1.29 is 23.4 Å². The molecule has 0 fully saturated rings. The first-order chi connectivity index (χ1) is 9.81. The topological polar surface area (TPSA) is 104 Å². The average molecular weight is 315 g/mol. The SMILES string of the molecule is CCc1ccc(S(=O)(=O)NCC(C)CCO)cc1C(=O)O. The van der Waals surface area contributed by atoms with Crippen LogP contribution in [0.3, 0.4) is 0 Å². The summed E-state index contributed by atoms with van der Waals surface area (Å²) in [6.45, 7) is 3.82. The van der Waals surface area contributed by atoms with Crippen molar-refractivity contribution in [2.75, 3.05) is 13.2 Å². The van der Waals surface area contributed by atoms with Gasteiger partial charge in [0.25, 0.3) is 0 Å². The standard InChI is InChI=1S/C14H21NO5S/c1-3-11-4-5-12(8-13(11)14(17)18)21(19,20)15-9-10(2)6-7-16/h4-5,8,10,15-16H,3,6-7,9H2,1-2H3,(H,17,18). The van der Waals surface area contributed by atoms with Crippen LogP contribution in [-0.2, 0) is 16.4 Å². The molecule has 1 aromatic carbocycles. The third-order valence-electron chi connectivity index (χ3n) is 3.25. The van der Waals surface area contributed by atoms with Gasteiger partial charge in [0.1, 0.15) is 0 Å². The summed E-state index contributed by atoms with van der Waals surface area (Å²) in [6, 6.07) is 4.11. The molecule has 0 aliphatic rings. The Kier molecular flexibility index (Phi) is 6.32. The maximum absolute atomic E-state index is 12.1. The molecule has 1 unspecified atom stereocenters. The number of carboxylic acids is 1. The monoisotopic (exact) mass is 315 g/mol. The Morgan fingerprint density at radius 3 is 2.57 bits per heavy atom. The Morgan fingerprint density at radius 1 is 1.38 bits per heavy atom. The van der Waals surface area contributed by atoms with E-state index in [-0.39, 0.29) is 29.5 Å². The van der Waals surface area contributed by atoms with Crippen LogP contribution in [0.1, 0.15) is 36.2 Å². The molecular weight excluding hydrogens is 294 g/mol. The number of carbonyl (C=O) groups is 1. The number of hydrogen-bond acceptors (Lipinski definition) is 4. The van der Waals surface area contributed by atoms with Gasteiger partial charge in [-0.2, -0.15) is 0 Å². The van der Waals surface area contributed by atoms with Gasteiger partial charge in [0, 0.05) is 13.2 Å². The van der Waals surface area contributed by atoms with Crippen LogP contribution < -0.4 is 4.72 Å². The molecule has 118 valence electrons. The van der Waals surface area contributed by atoms with Gasteiger partial charge >= 0.3 is 5.97 Å². The van der Waals surface area contributed by atoms with Gasteiger partial charge in [0.05, 0.1) is 10.5 Å². The summed E-state index contributed by atoms with van der Waals surface area (Å²) >= 11 is 0. The predicted molar refractivity (Wildman–Crippen MR) is 78.8 cm³/mol. The Bertz CT molecular complexity index is 597. The third-order valence-corrected chi connectivity index (χ3v) is 4.67. The molecule has 1 atom stereocenters. The normalized spacial score (nSPS) is 13.1. The molecule has 0 aromatic heterocycles. The lowest BCUT2D eigenvalue weighted by molar-refractivity contribution is 0.0695. The summed E-state index contributed by atoms with van der Waals surface area (Å²) in [6.07, 6.45) is 1.01. The first kappa shape index (κ1) is 17.6. The molecule has 3 N–H and O–H groups in total. The summed E-state index contributed by atoms with van der Waals surface area (Å²) in [5.74, 6) is -1.14. The zero-order valence-corrected chi connectivity index (χ0v) is 13.0. The number of aromatic carboxylic acids is 1. The molecule has 0 aliphatic carbocycles. The molecule has 6 nitrogen and oxygen atoms in total. The first-order valence-corrected chi connectivity index (χ1v) is 8.26. The smallest absolute Gasteiger partial charge is 0.336 e. The molecule has 0 saturated carbocycles. The molecule has 0 radical (unpaired) electrons. The van der Waals surface area contributed by atoms with Crippen molar-refractivity contribution in [3.63, 3.8) is 0 Å². The van der Waals surface area contributed by atoms with E-state index in [4.69, 9.17) is 10.2 Å². The molecule has 0 amide bonds. The van der Waals surface area contributed by atoms with Crippen LogP contribution in [0, 0.1) is 5.92 Å². The molecule has 0 spiro atoms. The van der Waals surface area contributed by atoms with Crippen molar-refractivity contribution in [1.29, 1.82) is 0 Å². The summed E-state index contributed by atoms with van der Waals surface area (Å²) in [5, 5.41) is 17.9. The van der Waals surface area contributed by atoms with Crippen molar-refractivity contribution in [1.82, 2.24) is 4.72 Å². The second kappa shape index (κ2) is 7.53. The van der Waals surface area contributed by atoms with Crippen LogP contribution >= 0.6 is 0 Å². The maximum Gasteiger partial charge on any atom is 0.336 e. The van der Waals surface area contributed by atoms with Crippen molar-refractivity contribution in [3.8, 4) is 0 Å². The number of aliphatic hydroxyl groups is 1. The predicted octanol–water partition coefficient (Wildman–Crippen LogP) is 1.24. The average Bonchev–Trinajstić information content (AvgIpc) is 2.44. The number of hydrogen-bond donors (Lipinski definition) is 3. The van der Waals surface area contributed by atoms with Crippen molar-refractivity contribution >= 4 is 16.0 Å². The molecule has 0 aliphatic heterocycles. The Balaban J connectivity index is 2.98. The van der Waals surface area contributed by atoms with Crippen LogP contribution in [0.25, 0.3) is 0 Å². The summed E-state index contributed by atoms with van der Waals surface area (Å²) < 4.78 is 26.7. The van der Waals surface area contributed by atoms with Crippen LogP contribution in [0.15, 0.2) is 23.1 Å². The van der Waals surface area contributed by atoms with Crippen molar-refractivity contribution in [2.45, 2.75) is 31.6 Å². The number of benzene rings is 1. The number of carboxylic acid groups (broad SMARTS) is 1. The molecule has 1 rings (SSSR count). The van der Waals surface area contributed by atoms with Crippen LogP contribution in [0.2, 0.25) is 0 Å². The molecule has 7 heteroatoms. The quantitative estimate of drug-likeness (QED) is 0.669. The fraction of sp³-hybridized carbons (Fsp3) is 0.500. The Morgan fingerprint density at radius 2 is 2.05 bits per heavy atom. The second-order valence-corrected chi connectivity index (χ2v) is 6.71. The molecule has 21 heavy (non-hydrogen) atoms. The minimum atomic E-state index is -3.75. The first-order valence-electron chi connectivity index (χ1n) is 6.78. The zero-order valence-electron chi connectivity index (χ0n) is 12.2. The largest absolute Gasteiger partial charge is 0.478 e. The Hall–Kier alpha value is -1.44. The highest BCUT2D eigenvalue weighted by atomic mass is 32.2. The highest BCUT2D eigenvalue weighted by molar-refractivity contribution is 7.89. The van der Waals surface area contributed by atoms with Gasteiger partial charge in [-0.3, -0.25) is 0 Å². The molecule has 1 aromatic rings. The summed E-state index contributed by atoms with van der Waals surface area (Å²) in [4.78, 5) is 11.1. The second-order valence-electron chi connectivity index (χ2n) is 4.95. The maximum atomic E-state index is 12.1. The fourth-order valence-electron chi connectivity index (χ4n) is 1.89. The molecule has 0 heterocycles. The van der Waals surface area contributed by atoms with E-state index < -0.39 is 16.0 Å². The number of sulfonamides is 1. The van der Waals surface area contributed by atoms with Crippen LogP contribution in [0.4, 0.5) is 0 Å². The lowest BCUT2D eigenvalue weighted by Crippen LogP contribution is -2.29. The van der Waals surface area contributed by atoms with Gasteiger partial charge in [-0.1, -0.05) is 19.9 Å². The van der Waals surface area contributed by atoms with Crippen molar-refractivity contribution in [3.05, 3.63) is 29.3 Å². The Labute approximate surface area is 124 Å².